The maximum atomic E-state index is 5.97. The Labute approximate surface area is 128 Å². The number of nitrogens with one attached hydrogen (secondary N) is 1. The second kappa shape index (κ2) is 7.92. The second-order valence-electron chi connectivity index (χ2n) is 5.87. The first-order valence-corrected chi connectivity index (χ1v) is 8.05. The molecular formula is C16H29N3O2. The van der Waals surface area contributed by atoms with E-state index in [1.165, 1.54) is 5.69 Å². The number of hydrogen-bond acceptors (Lipinski definition) is 4. The summed E-state index contributed by atoms with van der Waals surface area (Å²) in [6, 6.07) is 2.46. The number of hydrogen-bond donors (Lipinski definition) is 1. The second-order valence-corrected chi connectivity index (χ2v) is 5.87. The van der Waals surface area contributed by atoms with Crippen LogP contribution < -0.4 is 5.32 Å². The quantitative estimate of drug-likeness (QED) is 0.796. The topological polar surface area (TPSA) is 48.3 Å². The Balaban J connectivity index is 2.03. The molecule has 1 saturated heterocycles. The highest BCUT2D eigenvalue weighted by molar-refractivity contribution is 5.03. The van der Waals surface area contributed by atoms with E-state index in [4.69, 9.17) is 9.47 Å². The van der Waals surface area contributed by atoms with Gasteiger partial charge in [0.05, 0.1) is 5.60 Å². The molecule has 0 aliphatic carbocycles. The van der Waals surface area contributed by atoms with Crippen LogP contribution in [0.3, 0.4) is 0 Å². The highest BCUT2D eigenvalue weighted by Crippen LogP contribution is 2.30. The summed E-state index contributed by atoms with van der Waals surface area (Å²) < 4.78 is 13.5. The lowest BCUT2D eigenvalue weighted by molar-refractivity contribution is -0.111. The first kappa shape index (κ1) is 16.5. The van der Waals surface area contributed by atoms with Gasteiger partial charge in [-0.15, -0.1) is 0 Å². The van der Waals surface area contributed by atoms with E-state index in [9.17, 15) is 0 Å². The van der Waals surface area contributed by atoms with Gasteiger partial charge in [0, 0.05) is 58.1 Å². The SMILES string of the molecule is CCCNC(CCc1ccnn1C)C1(OC)CCOCC1. The average Bonchev–Trinajstić information content (AvgIpc) is 2.93. The van der Waals surface area contributed by atoms with Gasteiger partial charge in [-0.2, -0.15) is 5.10 Å². The molecule has 5 heteroatoms. The van der Waals surface area contributed by atoms with E-state index in [1.807, 2.05) is 25.0 Å². The lowest BCUT2D eigenvalue weighted by Gasteiger charge is -2.43. The summed E-state index contributed by atoms with van der Waals surface area (Å²) in [4.78, 5) is 0. The van der Waals surface area contributed by atoms with Crippen molar-refractivity contribution in [1.29, 1.82) is 0 Å². The van der Waals surface area contributed by atoms with Crippen LogP contribution in [0.2, 0.25) is 0 Å². The van der Waals surface area contributed by atoms with E-state index in [0.29, 0.717) is 6.04 Å². The van der Waals surface area contributed by atoms with Gasteiger partial charge in [-0.1, -0.05) is 6.92 Å². The molecule has 2 rings (SSSR count). The maximum Gasteiger partial charge on any atom is 0.0874 e. The van der Waals surface area contributed by atoms with E-state index < -0.39 is 0 Å². The minimum absolute atomic E-state index is 0.0913. The molecule has 5 nitrogen and oxygen atoms in total. The number of methoxy groups -OCH3 is 1. The molecule has 21 heavy (non-hydrogen) atoms. The monoisotopic (exact) mass is 295 g/mol. The predicted molar refractivity (Wildman–Crippen MR) is 83.4 cm³/mol. The molecule has 2 heterocycles. The molecule has 1 aromatic rings. The van der Waals surface area contributed by atoms with Crippen LogP contribution in [0.1, 0.15) is 38.3 Å². The van der Waals surface area contributed by atoms with Crippen LogP contribution in [0.5, 0.6) is 0 Å². The zero-order valence-electron chi connectivity index (χ0n) is 13.6. The predicted octanol–water partition coefficient (Wildman–Crippen LogP) is 1.92. The van der Waals surface area contributed by atoms with Crippen molar-refractivity contribution in [1.82, 2.24) is 15.1 Å². The van der Waals surface area contributed by atoms with Crippen molar-refractivity contribution in [2.24, 2.45) is 7.05 Å². The van der Waals surface area contributed by atoms with Gasteiger partial charge < -0.3 is 14.8 Å². The molecule has 1 unspecified atom stereocenters. The molecule has 0 spiro atoms. The van der Waals surface area contributed by atoms with Crippen LogP contribution in [0.4, 0.5) is 0 Å². The van der Waals surface area contributed by atoms with Crippen molar-refractivity contribution in [2.45, 2.75) is 50.7 Å². The van der Waals surface area contributed by atoms with Gasteiger partial charge in [-0.05, 0) is 31.9 Å². The molecule has 0 saturated carbocycles. The first-order valence-electron chi connectivity index (χ1n) is 8.05. The van der Waals surface area contributed by atoms with Gasteiger partial charge in [-0.3, -0.25) is 4.68 Å². The smallest absolute Gasteiger partial charge is 0.0874 e. The fourth-order valence-corrected chi connectivity index (χ4v) is 3.22. The Morgan fingerprint density at radius 1 is 1.48 bits per heavy atom. The van der Waals surface area contributed by atoms with Gasteiger partial charge in [0.2, 0.25) is 0 Å². The van der Waals surface area contributed by atoms with Crippen molar-refractivity contribution in [2.75, 3.05) is 26.9 Å². The summed E-state index contributed by atoms with van der Waals surface area (Å²) in [5, 5.41) is 7.95. The fourth-order valence-electron chi connectivity index (χ4n) is 3.22. The molecule has 1 N–H and O–H groups in total. The molecule has 120 valence electrons. The number of aromatic nitrogens is 2. The van der Waals surface area contributed by atoms with E-state index >= 15 is 0 Å². The Morgan fingerprint density at radius 2 is 2.24 bits per heavy atom. The molecule has 1 aliphatic rings. The van der Waals surface area contributed by atoms with Crippen molar-refractivity contribution >= 4 is 0 Å². The standard InChI is InChI=1S/C16H29N3O2/c1-4-10-17-15(6-5-14-7-11-18-19(14)2)16(20-3)8-12-21-13-9-16/h7,11,15,17H,4-6,8-10,12-13H2,1-3H3. The molecule has 0 amide bonds. The molecule has 0 bridgehead atoms. The highest BCUT2D eigenvalue weighted by Gasteiger charge is 2.40. The molecular weight excluding hydrogens is 266 g/mol. The summed E-state index contributed by atoms with van der Waals surface area (Å²) in [7, 11) is 3.85. The molecule has 1 aromatic heterocycles. The van der Waals surface area contributed by atoms with Crippen LogP contribution in [-0.4, -0.2) is 48.3 Å². The van der Waals surface area contributed by atoms with E-state index in [0.717, 1.165) is 51.9 Å². The molecule has 0 aromatic carbocycles. The van der Waals surface area contributed by atoms with Gasteiger partial charge in [0.15, 0.2) is 0 Å². The van der Waals surface area contributed by atoms with Crippen LogP contribution in [0.25, 0.3) is 0 Å². The Hall–Kier alpha value is -0.910. The van der Waals surface area contributed by atoms with Crippen LogP contribution in [0, 0.1) is 0 Å². The van der Waals surface area contributed by atoms with E-state index in [-0.39, 0.29) is 5.60 Å². The summed E-state index contributed by atoms with van der Waals surface area (Å²) in [5.41, 5.74) is 1.18. The lowest BCUT2D eigenvalue weighted by atomic mass is 9.83. The van der Waals surface area contributed by atoms with Crippen molar-refractivity contribution in [3.8, 4) is 0 Å². The van der Waals surface area contributed by atoms with Gasteiger partial charge >= 0.3 is 0 Å². The maximum absolute atomic E-state index is 5.97. The van der Waals surface area contributed by atoms with Crippen LogP contribution in [0.15, 0.2) is 12.3 Å². The summed E-state index contributed by atoms with van der Waals surface area (Å²) in [6.07, 6.45) is 7.02. The van der Waals surface area contributed by atoms with Crippen LogP contribution in [-0.2, 0) is 22.9 Å². The third kappa shape index (κ3) is 4.05. The van der Waals surface area contributed by atoms with E-state index in [2.05, 4.69) is 23.4 Å². The van der Waals surface area contributed by atoms with Gasteiger partial charge in [-0.25, -0.2) is 0 Å². The zero-order chi connectivity index (χ0) is 15.1. The lowest BCUT2D eigenvalue weighted by Crippen LogP contribution is -2.55. The number of aryl methyl sites for hydroxylation is 2. The van der Waals surface area contributed by atoms with E-state index in [1.54, 1.807) is 0 Å². The third-order valence-electron chi connectivity index (χ3n) is 4.63. The Kier molecular flexibility index (Phi) is 6.21. The molecule has 1 aliphatic heterocycles. The van der Waals surface area contributed by atoms with Crippen LogP contribution >= 0.6 is 0 Å². The number of ether oxygens (including phenoxy) is 2. The first-order chi connectivity index (χ1) is 10.2. The minimum Gasteiger partial charge on any atom is -0.381 e. The zero-order valence-corrected chi connectivity index (χ0v) is 13.6. The van der Waals surface area contributed by atoms with Crippen molar-refractivity contribution in [3.63, 3.8) is 0 Å². The van der Waals surface area contributed by atoms with Crippen molar-refractivity contribution < 1.29 is 9.47 Å². The fraction of sp³-hybridized carbons (Fsp3) is 0.812. The third-order valence-corrected chi connectivity index (χ3v) is 4.63. The molecule has 0 radical (unpaired) electrons. The number of rotatable bonds is 8. The highest BCUT2D eigenvalue weighted by atomic mass is 16.5. The summed E-state index contributed by atoms with van der Waals surface area (Å²) >= 11 is 0. The Bertz CT molecular complexity index is 413. The molecule has 1 fully saturated rings. The summed E-state index contributed by atoms with van der Waals surface area (Å²) in [6.45, 7) is 4.82. The molecule has 1 atom stereocenters. The van der Waals surface area contributed by atoms with Crippen molar-refractivity contribution in [3.05, 3.63) is 18.0 Å². The van der Waals surface area contributed by atoms with Gasteiger partial charge in [0.25, 0.3) is 0 Å². The van der Waals surface area contributed by atoms with Gasteiger partial charge in [0.1, 0.15) is 0 Å². The normalized spacial score (nSPS) is 19.6. The largest absolute Gasteiger partial charge is 0.381 e. The average molecular weight is 295 g/mol. The number of nitrogens with zero attached hydrogens (tertiary/aromatic N) is 2. The summed E-state index contributed by atoms with van der Waals surface area (Å²) in [5.74, 6) is 0. The minimum atomic E-state index is -0.0913. The Morgan fingerprint density at radius 3 is 2.81 bits per heavy atom.